The number of thiophene rings is 1. The first-order valence-electron chi connectivity index (χ1n) is 7.47. The lowest BCUT2D eigenvalue weighted by atomic mass is 9.85. The molecule has 2 N–H and O–H groups in total. The highest BCUT2D eigenvalue weighted by molar-refractivity contribution is 7.16. The fourth-order valence-electron chi connectivity index (χ4n) is 3.18. The topological polar surface area (TPSA) is 55.6 Å². The Kier molecular flexibility index (Phi) is 3.98. The SMILES string of the molecule is CC[C@@H]1CCc2c(sc(N)c2C(=O)N2CCOCC2)C1. The molecule has 0 saturated carbocycles. The Balaban J connectivity index is 1.86. The highest BCUT2D eigenvalue weighted by Crippen LogP contribution is 2.39. The van der Waals surface area contributed by atoms with E-state index in [9.17, 15) is 4.79 Å². The maximum Gasteiger partial charge on any atom is 0.257 e. The van der Waals surface area contributed by atoms with Gasteiger partial charge in [0.2, 0.25) is 0 Å². The molecule has 2 aliphatic rings. The number of hydrogen-bond acceptors (Lipinski definition) is 4. The third-order valence-electron chi connectivity index (χ3n) is 4.48. The predicted molar refractivity (Wildman–Crippen MR) is 81.3 cm³/mol. The highest BCUT2D eigenvalue weighted by Gasteiger charge is 2.30. The molecule has 1 aromatic heterocycles. The minimum Gasteiger partial charge on any atom is -0.390 e. The molecule has 110 valence electrons. The van der Waals surface area contributed by atoms with Gasteiger partial charge in [-0.3, -0.25) is 4.79 Å². The zero-order chi connectivity index (χ0) is 14.1. The van der Waals surface area contributed by atoms with Crippen LogP contribution < -0.4 is 5.73 Å². The Labute approximate surface area is 123 Å². The molecule has 1 atom stereocenters. The summed E-state index contributed by atoms with van der Waals surface area (Å²) in [6.45, 7) is 4.87. The maximum atomic E-state index is 12.7. The van der Waals surface area contributed by atoms with E-state index in [0.717, 1.165) is 24.3 Å². The molecule has 0 unspecified atom stereocenters. The molecule has 1 amide bonds. The number of anilines is 1. The number of fused-ring (bicyclic) bond motifs is 1. The number of carbonyl (C=O) groups is 1. The molecule has 1 aromatic rings. The van der Waals surface area contributed by atoms with E-state index < -0.39 is 0 Å². The molecule has 1 aliphatic heterocycles. The fourth-order valence-corrected chi connectivity index (χ4v) is 4.41. The smallest absolute Gasteiger partial charge is 0.257 e. The summed E-state index contributed by atoms with van der Waals surface area (Å²) in [6, 6.07) is 0. The normalized spacial score (nSPS) is 22.6. The fraction of sp³-hybridized carbons (Fsp3) is 0.667. The van der Waals surface area contributed by atoms with Crippen LogP contribution in [0.15, 0.2) is 0 Å². The van der Waals surface area contributed by atoms with Crippen molar-refractivity contribution in [1.29, 1.82) is 0 Å². The van der Waals surface area contributed by atoms with Gasteiger partial charge >= 0.3 is 0 Å². The van der Waals surface area contributed by atoms with Gasteiger partial charge in [-0.2, -0.15) is 0 Å². The Morgan fingerprint density at radius 1 is 1.45 bits per heavy atom. The van der Waals surface area contributed by atoms with E-state index in [1.807, 2.05) is 4.90 Å². The van der Waals surface area contributed by atoms with Crippen molar-refractivity contribution in [3.8, 4) is 0 Å². The van der Waals surface area contributed by atoms with Crippen molar-refractivity contribution in [2.24, 2.45) is 5.92 Å². The molecule has 3 rings (SSSR count). The minimum absolute atomic E-state index is 0.109. The molecule has 2 heterocycles. The zero-order valence-corrected chi connectivity index (χ0v) is 12.8. The van der Waals surface area contributed by atoms with Gasteiger partial charge in [0.1, 0.15) is 0 Å². The summed E-state index contributed by atoms with van der Waals surface area (Å²) < 4.78 is 5.32. The molecule has 20 heavy (non-hydrogen) atoms. The molecule has 4 nitrogen and oxygen atoms in total. The summed E-state index contributed by atoms with van der Waals surface area (Å²) >= 11 is 1.63. The zero-order valence-electron chi connectivity index (χ0n) is 12.0. The largest absolute Gasteiger partial charge is 0.390 e. The van der Waals surface area contributed by atoms with Gasteiger partial charge in [-0.15, -0.1) is 11.3 Å². The maximum absolute atomic E-state index is 12.7. The van der Waals surface area contributed by atoms with Crippen LogP contribution in [0.3, 0.4) is 0 Å². The van der Waals surface area contributed by atoms with Gasteiger partial charge in [-0.1, -0.05) is 13.3 Å². The number of morpholine rings is 1. The van der Waals surface area contributed by atoms with Crippen molar-refractivity contribution < 1.29 is 9.53 Å². The molecule has 0 spiro atoms. The van der Waals surface area contributed by atoms with Crippen LogP contribution in [-0.2, 0) is 17.6 Å². The Morgan fingerprint density at radius 3 is 2.90 bits per heavy atom. The molecule has 0 radical (unpaired) electrons. The first-order chi connectivity index (χ1) is 9.70. The number of rotatable bonds is 2. The number of amides is 1. The number of carbonyl (C=O) groups excluding carboxylic acids is 1. The predicted octanol–water partition coefficient (Wildman–Crippen LogP) is 2.32. The van der Waals surface area contributed by atoms with Crippen molar-refractivity contribution in [1.82, 2.24) is 4.90 Å². The van der Waals surface area contributed by atoms with Crippen LogP contribution in [-0.4, -0.2) is 37.1 Å². The minimum atomic E-state index is 0.109. The standard InChI is InChI=1S/C15H22N2O2S/c1-2-10-3-4-11-12(9-10)20-14(16)13(11)15(18)17-5-7-19-8-6-17/h10H,2-9,16H2,1H3/t10-/m1/s1. The van der Waals surface area contributed by atoms with Crippen molar-refractivity contribution in [3.63, 3.8) is 0 Å². The van der Waals surface area contributed by atoms with Crippen molar-refractivity contribution in [3.05, 3.63) is 16.0 Å². The van der Waals surface area contributed by atoms with E-state index in [1.165, 1.54) is 23.3 Å². The third-order valence-corrected chi connectivity index (χ3v) is 5.57. The van der Waals surface area contributed by atoms with Crippen LogP contribution in [0.2, 0.25) is 0 Å². The summed E-state index contributed by atoms with van der Waals surface area (Å²) in [6.07, 6.45) is 4.50. The van der Waals surface area contributed by atoms with Crippen molar-refractivity contribution in [2.75, 3.05) is 32.0 Å². The molecule has 5 heteroatoms. The van der Waals surface area contributed by atoms with E-state index >= 15 is 0 Å². The monoisotopic (exact) mass is 294 g/mol. The summed E-state index contributed by atoms with van der Waals surface area (Å²) in [5.74, 6) is 0.866. The number of ether oxygens (including phenoxy) is 1. The van der Waals surface area contributed by atoms with E-state index in [4.69, 9.17) is 10.5 Å². The Bertz CT molecular complexity index is 506. The third kappa shape index (κ3) is 2.44. The molecule has 1 saturated heterocycles. The average Bonchev–Trinajstić information content (AvgIpc) is 2.82. The van der Waals surface area contributed by atoms with Gasteiger partial charge in [0.05, 0.1) is 23.8 Å². The molecular formula is C15H22N2O2S. The summed E-state index contributed by atoms with van der Waals surface area (Å²) in [5, 5.41) is 0.711. The lowest BCUT2D eigenvalue weighted by Crippen LogP contribution is -2.41. The first-order valence-corrected chi connectivity index (χ1v) is 8.29. The number of nitrogens with zero attached hydrogens (tertiary/aromatic N) is 1. The van der Waals surface area contributed by atoms with Crippen LogP contribution >= 0.6 is 11.3 Å². The molecule has 1 aliphatic carbocycles. The second kappa shape index (κ2) is 5.74. The van der Waals surface area contributed by atoms with Gasteiger partial charge in [0.25, 0.3) is 5.91 Å². The van der Waals surface area contributed by atoms with Crippen molar-refractivity contribution >= 4 is 22.2 Å². The van der Waals surface area contributed by atoms with Crippen LogP contribution in [0.5, 0.6) is 0 Å². The average molecular weight is 294 g/mol. The quantitative estimate of drug-likeness (QED) is 0.910. The number of nitrogen functional groups attached to an aromatic ring is 1. The van der Waals surface area contributed by atoms with Crippen LogP contribution in [0, 0.1) is 5.92 Å². The second-order valence-corrected chi connectivity index (χ2v) is 6.80. The lowest BCUT2D eigenvalue weighted by molar-refractivity contribution is 0.0303. The summed E-state index contributed by atoms with van der Waals surface area (Å²) in [7, 11) is 0. The van der Waals surface area contributed by atoms with Gasteiger partial charge in [-0.05, 0) is 30.7 Å². The van der Waals surface area contributed by atoms with E-state index in [1.54, 1.807) is 11.3 Å². The molecule has 0 bridgehead atoms. The van der Waals surface area contributed by atoms with E-state index in [0.29, 0.717) is 31.3 Å². The van der Waals surface area contributed by atoms with E-state index in [2.05, 4.69) is 6.92 Å². The Hall–Kier alpha value is -1.07. The number of hydrogen-bond donors (Lipinski definition) is 1. The summed E-state index contributed by atoms with van der Waals surface area (Å²) in [5.41, 5.74) is 8.18. The van der Waals surface area contributed by atoms with Crippen LogP contribution in [0.1, 0.15) is 40.6 Å². The molecular weight excluding hydrogens is 272 g/mol. The number of nitrogens with two attached hydrogens (primary N) is 1. The Morgan fingerprint density at radius 2 is 2.20 bits per heavy atom. The van der Waals surface area contributed by atoms with Crippen LogP contribution in [0.25, 0.3) is 0 Å². The van der Waals surface area contributed by atoms with Gasteiger partial charge < -0.3 is 15.4 Å². The highest BCUT2D eigenvalue weighted by atomic mass is 32.1. The summed E-state index contributed by atoms with van der Waals surface area (Å²) in [4.78, 5) is 15.9. The van der Waals surface area contributed by atoms with Crippen molar-refractivity contribution in [2.45, 2.75) is 32.6 Å². The van der Waals surface area contributed by atoms with Gasteiger partial charge in [0, 0.05) is 18.0 Å². The molecule has 0 aromatic carbocycles. The lowest BCUT2D eigenvalue weighted by Gasteiger charge is -2.28. The van der Waals surface area contributed by atoms with E-state index in [-0.39, 0.29) is 5.91 Å². The van der Waals surface area contributed by atoms with Gasteiger partial charge in [0.15, 0.2) is 0 Å². The first kappa shape index (κ1) is 13.9. The second-order valence-electron chi connectivity index (χ2n) is 5.66. The van der Waals surface area contributed by atoms with Crippen LogP contribution in [0.4, 0.5) is 5.00 Å². The van der Waals surface area contributed by atoms with Gasteiger partial charge in [-0.25, -0.2) is 0 Å². The molecule has 1 fully saturated rings.